The van der Waals surface area contributed by atoms with E-state index in [4.69, 9.17) is 0 Å². The first kappa shape index (κ1) is 12.6. The maximum Gasteiger partial charge on any atom is 0.421 e. The molecule has 0 radical (unpaired) electrons. The molecule has 0 saturated carbocycles. The highest BCUT2D eigenvalue weighted by atomic mass is 19.4. The second-order valence-corrected chi connectivity index (χ2v) is 2.71. The first-order chi connectivity index (χ1) is 7.27. The predicted octanol–water partition coefficient (Wildman–Crippen LogP) is 3.19. The molecule has 0 aliphatic rings. The lowest BCUT2D eigenvalue weighted by Crippen LogP contribution is -2.14. The molecule has 1 aromatic heterocycles. The summed E-state index contributed by atoms with van der Waals surface area (Å²) in [5.41, 5.74) is -3.74. The Kier molecular flexibility index (Phi) is 3.30. The Balaban J connectivity index is 3.46. The molecule has 0 fully saturated rings. The minimum absolute atomic E-state index is 0.300. The van der Waals surface area contributed by atoms with Gasteiger partial charge in [0, 0.05) is 6.07 Å². The smallest absolute Gasteiger partial charge is 0.421 e. The molecule has 0 aromatic carbocycles. The standard InChI is InChI=1S/C8H5F6NO/c1-16-4-2-3(9)5(8(12,13)14)6(15-4)7(10)11/h2,7H,1H3. The van der Waals surface area contributed by atoms with Gasteiger partial charge < -0.3 is 4.74 Å². The zero-order chi connectivity index (χ0) is 12.5. The molecule has 1 aromatic rings. The lowest BCUT2D eigenvalue weighted by atomic mass is 10.1. The minimum Gasteiger partial charge on any atom is -0.481 e. The minimum atomic E-state index is -5.23. The van der Waals surface area contributed by atoms with E-state index in [1.807, 2.05) is 0 Å². The summed E-state index contributed by atoms with van der Waals surface area (Å²) in [6.07, 6.45) is -8.77. The molecule has 90 valence electrons. The summed E-state index contributed by atoms with van der Waals surface area (Å²) in [6, 6.07) is 0.300. The van der Waals surface area contributed by atoms with E-state index in [-0.39, 0.29) is 0 Å². The van der Waals surface area contributed by atoms with Gasteiger partial charge in [-0.05, 0) is 0 Å². The second-order valence-electron chi connectivity index (χ2n) is 2.71. The normalized spacial score (nSPS) is 12.0. The molecule has 0 bridgehead atoms. The maximum atomic E-state index is 13.0. The van der Waals surface area contributed by atoms with E-state index in [1.54, 1.807) is 0 Å². The molecule has 2 nitrogen and oxygen atoms in total. The molecule has 0 amide bonds. The average molecular weight is 245 g/mol. The number of ether oxygens (including phenoxy) is 1. The summed E-state index contributed by atoms with van der Waals surface area (Å²) in [6.45, 7) is 0. The van der Waals surface area contributed by atoms with E-state index in [2.05, 4.69) is 9.72 Å². The van der Waals surface area contributed by atoms with Crippen molar-refractivity contribution in [3.63, 3.8) is 0 Å². The number of nitrogens with zero attached hydrogens (tertiary/aromatic N) is 1. The number of hydrogen-bond acceptors (Lipinski definition) is 2. The third-order valence-electron chi connectivity index (χ3n) is 1.68. The Bertz CT molecular complexity index is 389. The summed E-state index contributed by atoms with van der Waals surface area (Å²) >= 11 is 0. The third-order valence-corrected chi connectivity index (χ3v) is 1.68. The van der Waals surface area contributed by atoms with Gasteiger partial charge in [-0.3, -0.25) is 0 Å². The maximum absolute atomic E-state index is 13.0. The topological polar surface area (TPSA) is 22.1 Å². The highest BCUT2D eigenvalue weighted by molar-refractivity contribution is 5.30. The molecule has 0 unspecified atom stereocenters. The van der Waals surface area contributed by atoms with Crippen LogP contribution in [0.25, 0.3) is 0 Å². The van der Waals surface area contributed by atoms with Gasteiger partial charge in [-0.1, -0.05) is 0 Å². The highest BCUT2D eigenvalue weighted by Gasteiger charge is 2.40. The first-order valence-corrected chi connectivity index (χ1v) is 3.87. The van der Waals surface area contributed by atoms with Gasteiger partial charge in [0.2, 0.25) is 5.88 Å². The predicted molar refractivity (Wildman–Crippen MR) is 40.7 cm³/mol. The van der Waals surface area contributed by atoms with Gasteiger partial charge in [-0.25, -0.2) is 18.2 Å². The van der Waals surface area contributed by atoms with Crippen LogP contribution in [0, 0.1) is 5.82 Å². The van der Waals surface area contributed by atoms with Crippen molar-refractivity contribution in [2.45, 2.75) is 12.6 Å². The van der Waals surface area contributed by atoms with E-state index in [1.165, 1.54) is 0 Å². The molecular formula is C8H5F6NO. The fraction of sp³-hybridized carbons (Fsp3) is 0.375. The number of alkyl halides is 5. The van der Waals surface area contributed by atoms with Crippen molar-refractivity contribution in [3.05, 3.63) is 23.1 Å². The molecule has 0 atom stereocenters. The van der Waals surface area contributed by atoms with E-state index in [0.717, 1.165) is 7.11 Å². The Hall–Kier alpha value is -1.47. The van der Waals surface area contributed by atoms with Crippen LogP contribution in [0.1, 0.15) is 17.7 Å². The van der Waals surface area contributed by atoms with Gasteiger partial charge in [-0.2, -0.15) is 13.2 Å². The molecule has 0 aliphatic heterocycles. The van der Waals surface area contributed by atoms with Crippen LogP contribution in [-0.4, -0.2) is 12.1 Å². The summed E-state index contributed by atoms with van der Waals surface area (Å²) in [7, 11) is 0.976. The van der Waals surface area contributed by atoms with Crippen molar-refractivity contribution in [3.8, 4) is 5.88 Å². The number of rotatable bonds is 2. The van der Waals surface area contributed by atoms with E-state index in [9.17, 15) is 26.3 Å². The average Bonchev–Trinajstić information content (AvgIpc) is 2.14. The van der Waals surface area contributed by atoms with E-state index in [0.29, 0.717) is 6.07 Å². The zero-order valence-electron chi connectivity index (χ0n) is 7.78. The van der Waals surface area contributed by atoms with Crippen molar-refractivity contribution in [2.24, 2.45) is 0 Å². The highest BCUT2D eigenvalue weighted by Crippen LogP contribution is 2.38. The molecular weight excluding hydrogens is 240 g/mol. The first-order valence-electron chi connectivity index (χ1n) is 3.87. The zero-order valence-corrected chi connectivity index (χ0v) is 7.78. The SMILES string of the molecule is COc1cc(F)c(C(F)(F)F)c(C(F)F)n1. The van der Waals surface area contributed by atoms with Crippen LogP contribution in [-0.2, 0) is 6.18 Å². The van der Waals surface area contributed by atoms with Gasteiger partial charge in [-0.15, -0.1) is 0 Å². The van der Waals surface area contributed by atoms with Crippen LogP contribution in [0.5, 0.6) is 5.88 Å². The van der Waals surface area contributed by atoms with Crippen LogP contribution < -0.4 is 4.74 Å². The Morgan fingerprint density at radius 1 is 1.31 bits per heavy atom. The molecule has 0 spiro atoms. The monoisotopic (exact) mass is 245 g/mol. The Morgan fingerprint density at radius 3 is 2.25 bits per heavy atom. The van der Waals surface area contributed by atoms with Crippen LogP contribution in [0.15, 0.2) is 6.07 Å². The molecule has 16 heavy (non-hydrogen) atoms. The number of halogens is 6. The van der Waals surface area contributed by atoms with Crippen molar-refractivity contribution in [2.75, 3.05) is 7.11 Å². The fourth-order valence-electron chi connectivity index (χ4n) is 1.05. The number of pyridine rings is 1. The van der Waals surface area contributed by atoms with Crippen LogP contribution in [0.3, 0.4) is 0 Å². The fourth-order valence-corrected chi connectivity index (χ4v) is 1.05. The van der Waals surface area contributed by atoms with Crippen LogP contribution >= 0.6 is 0 Å². The number of methoxy groups -OCH3 is 1. The summed E-state index contributed by atoms with van der Waals surface area (Å²) < 4.78 is 78.6. The Labute approximate surface area is 85.9 Å². The molecule has 0 saturated heterocycles. The van der Waals surface area contributed by atoms with Crippen LogP contribution in [0.4, 0.5) is 26.3 Å². The summed E-state index contributed by atoms with van der Waals surface area (Å²) in [5, 5.41) is 0. The summed E-state index contributed by atoms with van der Waals surface area (Å²) in [5.74, 6) is -2.48. The van der Waals surface area contributed by atoms with Crippen molar-refractivity contribution in [1.82, 2.24) is 4.98 Å². The molecule has 0 aliphatic carbocycles. The third kappa shape index (κ3) is 2.37. The lowest BCUT2D eigenvalue weighted by molar-refractivity contribution is -0.142. The van der Waals surface area contributed by atoms with Crippen molar-refractivity contribution in [1.29, 1.82) is 0 Å². The van der Waals surface area contributed by atoms with E-state index >= 15 is 0 Å². The van der Waals surface area contributed by atoms with Crippen LogP contribution in [0.2, 0.25) is 0 Å². The van der Waals surface area contributed by atoms with E-state index < -0.39 is 35.6 Å². The Morgan fingerprint density at radius 2 is 1.88 bits per heavy atom. The second kappa shape index (κ2) is 4.18. The molecule has 8 heteroatoms. The molecule has 1 rings (SSSR count). The van der Waals surface area contributed by atoms with Gasteiger partial charge in [0.05, 0.1) is 7.11 Å². The van der Waals surface area contributed by atoms with Gasteiger partial charge in [0.15, 0.2) is 0 Å². The van der Waals surface area contributed by atoms with Crippen molar-refractivity contribution >= 4 is 0 Å². The van der Waals surface area contributed by atoms with Crippen molar-refractivity contribution < 1.29 is 31.1 Å². The largest absolute Gasteiger partial charge is 0.481 e. The van der Waals surface area contributed by atoms with Gasteiger partial charge >= 0.3 is 6.18 Å². The summed E-state index contributed by atoms with van der Waals surface area (Å²) in [4.78, 5) is 2.89. The van der Waals surface area contributed by atoms with Gasteiger partial charge in [0.25, 0.3) is 6.43 Å². The number of hydrogen-bond donors (Lipinski definition) is 0. The van der Waals surface area contributed by atoms with Gasteiger partial charge in [0.1, 0.15) is 17.1 Å². The molecule has 0 N–H and O–H groups in total. The molecule has 1 heterocycles. The number of aromatic nitrogens is 1. The lowest BCUT2D eigenvalue weighted by Gasteiger charge is -2.13. The quantitative estimate of drug-likeness (QED) is 0.746.